The molecule has 4 nitrogen and oxygen atoms in total. The topological polar surface area (TPSA) is 59.2 Å². The van der Waals surface area contributed by atoms with Gasteiger partial charge < -0.3 is 9.63 Å². The van der Waals surface area contributed by atoms with Crippen molar-refractivity contribution in [1.82, 2.24) is 10.1 Å². The molecule has 2 heterocycles. The molecule has 0 bridgehead atoms. The fraction of sp³-hybridized carbons (Fsp3) is 0.0769. The van der Waals surface area contributed by atoms with Crippen molar-refractivity contribution >= 4 is 27.3 Å². The molecule has 1 N–H and O–H groups in total. The summed E-state index contributed by atoms with van der Waals surface area (Å²) in [7, 11) is 0. The lowest BCUT2D eigenvalue weighted by atomic mass is 10.2. The van der Waals surface area contributed by atoms with E-state index >= 15 is 0 Å². The molecule has 0 saturated heterocycles. The van der Waals surface area contributed by atoms with E-state index in [-0.39, 0.29) is 5.75 Å². The summed E-state index contributed by atoms with van der Waals surface area (Å²) < 4.78 is 6.32. The molecule has 0 aliphatic carbocycles. The monoisotopic (exact) mass is 336 g/mol. The first-order chi connectivity index (χ1) is 9.13. The Balaban J connectivity index is 1.99. The Bertz CT molecular complexity index is 716. The minimum absolute atomic E-state index is 0.179. The Morgan fingerprint density at radius 3 is 2.84 bits per heavy atom. The number of phenols is 1. The summed E-state index contributed by atoms with van der Waals surface area (Å²) in [5.74, 6) is 1.13. The van der Waals surface area contributed by atoms with E-state index in [0.717, 1.165) is 19.8 Å². The normalized spacial score (nSPS) is 10.8. The third-order valence-corrected chi connectivity index (χ3v) is 4.72. The Morgan fingerprint density at radius 2 is 2.16 bits per heavy atom. The van der Waals surface area contributed by atoms with Crippen LogP contribution in [0.3, 0.4) is 0 Å². The number of rotatable bonds is 2. The fourth-order valence-electron chi connectivity index (χ4n) is 1.65. The molecule has 0 fully saturated rings. The van der Waals surface area contributed by atoms with E-state index in [1.807, 2.05) is 19.1 Å². The van der Waals surface area contributed by atoms with Crippen molar-refractivity contribution in [3.05, 3.63) is 39.7 Å². The molecule has 0 unspecified atom stereocenters. The van der Waals surface area contributed by atoms with Gasteiger partial charge in [0.1, 0.15) is 5.75 Å². The zero-order valence-corrected chi connectivity index (χ0v) is 12.3. The third kappa shape index (κ3) is 2.41. The standard InChI is InChI=1S/C13H9BrN2O2S/c1-7-5-10(19-11(7)14)13-15-12(16-18-13)8-3-2-4-9(17)6-8/h2-6,17H,1H3. The molecule has 1 aromatic carbocycles. The smallest absolute Gasteiger partial charge is 0.268 e. The number of halogens is 1. The van der Waals surface area contributed by atoms with Crippen LogP contribution in [0, 0.1) is 6.92 Å². The van der Waals surface area contributed by atoms with Crippen LogP contribution in [0.1, 0.15) is 5.56 Å². The summed E-state index contributed by atoms with van der Waals surface area (Å²) >= 11 is 5.02. The number of phenolic OH excluding ortho intramolecular Hbond substituents is 1. The van der Waals surface area contributed by atoms with Crippen molar-refractivity contribution < 1.29 is 9.63 Å². The molecule has 3 rings (SSSR count). The van der Waals surface area contributed by atoms with Crippen LogP contribution in [0.4, 0.5) is 0 Å². The quantitative estimate of drug-likeness (QED) is 0.760. The summed E-state index contributed by atoms with van der Waals surface area (Å²) in [6.45, 7) is 2.01. The minimum atomic E-state index is 0.179. The van der Waals surface area contributed by atoms with E-state index in [1.165, 1.54) is 0 Å². The average molecular weight is 337 g/mol. The average Bonchev–Trinajstić information content (AvgIpc) is 2.97. The lowest BCUT2D eigenvalue weighted by molar-refractivity contribution is 0.433. The van der Waals surface area contributed by atoms with Crippen LogP contribution >= 0.6 is 27.3 Å². The largest absolute Gasteiger partial charge is 0.508 e. The van der Waals surface area contributed by atoms with Crippen molar-refractivity contribution in [2.24, 2.45) is 0 Å². The SMILES string of the molecule is Cc1cc(-c2nc(-c3cccc(O)c3)no2)sc1Br. The predicted molar refractivity (Wildman–Crippen MR) is 77.1 cm³/mol. The highest BCUT2D eigenvalue weighted by Gasteiger charge is 2.14. The molecule has 19 heavy (non-hydrogen) atoms. The van der Waals surface area contributed by atoms with Gasteiger partial charge in [0.2, 0.25) is 5.82 Å². The summed E-state index contributed by atoms with van der Waals surface area (Å²) in [5, 5.41) is 13.4. The van der Waals surface area contributed by atoms with E-state index in [1.54, 1.807) is 29.5 Å². The minimum Gasteiger partial charge on any atom is -0.508 e. The fourth-order valence-corrected chi connectivity index (χ4v) is 3.11. The Kier molecular flexibility index (Phi) is 3.12. The van der Waals surface area contributed by atoms with Gasteiger partial charge in [-0.1, -0.05) is 17.3 Å². The molecule has 0 saturated carbocycles. The molecule has 3 aromatic rings. The van der Waals surface area contributed by atoms with Crippen molar-refractivity contribution in [3.63, 3.8) is 0 Å². The van der Waals surface area contributed by atoms with Gasteiger partial charge in [-0.3, -0.25) is 0 Å². The van der Waals surface area contributed by atoms with Crippen LogP contribution in [0.15, 0.2) is 38.6 Å². The van der Waals surface area contributed by atoms with E-state index < -0.39 is 0 Å². The molecular formula is C13H9BrN2O2S. The maximum absolute atomic E-state index is 9.45. The lowest BCUT2D eigenvalue weighted by Gasteiger charge is -1.94. The molecular weight excluding hydrogens is 328 g/mol. The molecule has 0 aliphatic rings. The number of aryl methyl sites for hydroxylation is 1. The van der Waals surface area contributed by atoms with Crippen LogP contribution in [0.25, 0.3) is 22.2 Å². The maximum atomic E-state index is 9.45. The first-order valence-electron chi connectivity index (χ1n) is 5.53. The zero-order valence-electron chi connectivity index (χ0n) is 9.92. The van der Waals surface area contributed by atoms with Crippen molar-refractivity contribution in [2.45, 2.75) is 6.92 Å². The van der Waals surface area contributed by atoms with E-state index in [2.05, 4.69) is 26.1 Å². The third-order valence-electron chi connectivity index (χ3n) is 2.60. The second-order valence-electron chi connectivity index (χ2n) is 4.04. The van der Waals surface area contributed by atoms with Crippen molar-refractivity contribution in [3.8, 4) is 27.9 Å². The van der Waals surface area contributed by atoms with E-state index in [4.69, 9.17) is 4.52 Å². The number of benzene rings is 1. The van der Waals surface area contributed by atoms with E-state index in [9.17, 15) is 5.11 Å². The summed E-state index contributed by atoms with van der Waals surface area (Å²) in [4.78, 5) is 5.27. The van der Waals surface area contributed by atoms with Crippen LogP contribution in [-0.4, -0.2) is 15.2 Å². The lowest BCUT2D eigenvalue weighted by Crippen LogP contribution is -1.79. The summed E-state index contributed by atoms with van der Waals surface area (Å²) in [6.07, 6.45) is 0. The number of hydrogen-bond acceptors (Lipinski definition) is 5. The number of thiophene rings is 1. The van der Waals surface area contributed by atoms with Crippen molar-refractivity contribution in [2.75, 3.05) is 0 Å². The molecule has 0 spiro atoms. The second kappa shape index (κ2) is 4.79. The van der Waals surface area contributed by atoms with Gasteiger partial charge >= 0.3 is 0 Å². The van der Waals surface area contributed by atoms with Gasteiger partial charge in [-0.15, -0.1) is 11.3 Å². The van der Waals surface area contributed by atoms with Crippen molar-refractivity contribution in [1.29, 1.82) is 0 Å². The number of nitrogens with zero attached hydrogens (tertiary/aromatic N) is 2. The molecule has 0 amide bonds. The van der Waals surface area contributed by atoms with Gasteiger partial charge in [0.15, 0.2) is 0 Å². The number of hydrogen-bond donors (Lipinski definition) is 1. The van der Waals surface area contributed by atoms with Gasteiger partial charge in [0.05, 0.1) is 8.66 Å². The first-order valence-corrected chi connectivity index (χ1v) is 7.14. The maximum Gasteiger partial charge on any atom is 0.268 e. The van der Waals surface area contributed by atoms with Gasteiger partial charge in [0, 0.05) is 5.56 Å². The van der Waals surface area contributed by atoms with Crippen LogP contribution in [-0.2, 0) is 0 Å². The van der Waals surface area contributed by atoms with Gasteiger partial charge in [-0.05, 0) is 46.6 Å². The van der Waals surface area contributed by atoms with Gasteiger partial charge in [-0.25, -0.2) is 0 Å². The summed E-state index contributed by atoms with van der Waals surface area (Å²) in [6, 6.07) is 8.76. The van der Waals surface area contributed by atoms with Crippen LogP contribution < -0.4 is 0 Å². The molecule has 6 heteroatoms. The summed E-state index contributed by atoms with van der Waals surface area (Å²) in [5.41, 5.74) is 1.86. The molecule has 2 aromatic heterocycles. The van der Waals surface area contributed by atoms with Gasteiger partial charge in [0.25, 0.3) is 5.89 Å². The Labute approximate surface area is 121 Å². The number of aromatic hydroxyl groups is 1. The highest BCUT2D eigenvalue weighted by Crippen LogP contribution is 2.34. The molecule has 0 atom stereocenters. The number of aromatic nitrogens is 2. The molecule has 0 aliphatic heterocycles. The van der Waals surface area contributed by atoms with Crippen LogP contribution in [0.5, 0.6) is 5.75 Å². The zero-order chi connectivity index (χ0) is 13.4. The Morgan fingerprint density at radius 1 is 1.32 bits per heavy atom. The second-order valence-corrected chi connectivity index (χ2v) is 6.41. The van der Waals surface area contributed by atoms with Gasteiger partial charge in [-0.2, -0.15) is 4.98 Å². The molecule has 96 valence electrons. The Hall–Kier alpha value is -1.66. The highest BCUT2D eigenvalue weighted by atomic mass is 79.9. The predicted octanol–water partition coefficient (Wildman–Crippen LogP) is 4.24. The van der Waals surface area contributed by atoms with Crippen LogP contribution in [0.2, 0.25) is 0 Å². The highest BCUT2D eigenvalue weighted by molar-refractivity contribution is 9.11. The first kappa shape index (κ1) is 12.4. The molecule has 0 radical (unpaired) electrons. The van der Waals surface area contributed by atoms with E-state index in [0.29, 0.717) is 11.7 Å².